The molecule has 0 aliphatic heterocycles. The van der Waals surface area contributed by atoms with E-state index in [1.807, 2.05) is 0 Å². The Bertz CT molecular complexity index is 6750. The van der Waals surface area contributed by atoms with Gasteiger partial charge in [-0.3, -0.25) is 0 Å². The summed E-state index contributed by atoms with van der Waals surface area (Å²) in [5, 5.41) is 10.1. The molecule has 17 aromatic rings. The highest BCUT2D eigenvalue weighted by Crippen LogP contribution is 2.68. The summed E-state index contributed by atoms with van der Waals surface area (Å²) in [6.07, 6.45) is 33.2. The molecule has 2 heterocycles. The molecular weight excluding hydrogens is 1570 g/mol. The highest BCUT2D eigenvalue weighted by molar-refractivity contribution is 6.25. The third kappa shape index (κ3) is 11.8. The Balaban J connectivity index is 0.721. The van der Waals surface area contributed by atoms with Gasteiger partial charge in [-0.2, -0.15) is 0 Å². The summed E-state index contributed by atoms with van der Waals surface area (Å²) >= 11 is 0. The van der Waals surface area contributed by atoms with Crippen LogP contribution in [0.2, 0.25) is 0 Å². The zero-order chi connectivity index (χ0) is 84.9. The number of anilines is 6. The summed E-state index contributed by atoms with van der Waals surface area (Å²) < 4.78 is 5.03. The Kier molecular flexibility index (Phi) is 16.8. The molecule has 0 atom stereocenters. The molecule has 0 N–H and O–H groups in total. The fourth-order valence-corrected chi connectivity index (χ4v) is 33.6. The molecule has 0 unspecified atom stereocenters. The van der Waals surface area contributed by atoms with Crippen LogP contribution in [0.1, 0.15) is 176 Å². The normalized spacial score (nSPS) is 28.6. The molecule has 0 spiro atoms. The van der Waals surface area contributed by atoms with Gasteiger partial charge in [0, 0.05) is 67.0 Å². The molecule has 16 fully saturated rings. The average molecular weight is 1680 g/mol. The van der Waals surface area contributed by atoms with Crippen LogP contribution in [-0.4, -0.2) is 9.13 Å². The predicted molar refractivity (Wildman–Crippen MR) is 541 cm³/mol. The van der Waals surface area contributed by atoms with Crippen molar-refractivity contribution in [1.82, 2.24) is 9.13 Å². The van der Waals surface area contributed by atoms with Gasteiger partial charge in [0.2, 0.25) is 0 Å². The number of benzene rings is 15. The van der Waals surface area contributed by atoms with Crippen LogP contribution in [0, 0.1) is 71.0 Å². The number of aromatic nitrogens is 2. The zero-order valence-corrected chi connectivity index (χ0v) is 74.9. The molecular formula is C126H114N4. The fourth-order valence-electron chi connectivity index (χ4n) is 33.6. The van der Waals surface area contributed by atoms with Crippen molar-refractivity contribution in [3.05, 3.63) is 350 Å². The lowest BCUT2D eigenvalue weighted by atomic mass is 9.46. The minimum atomic E-state index is 0.177. The van der Waals surface area contributed by atoms with E-state index in [2.05, 4.69) is 347 Å². The number of rotatable bonds is 16. The van der Waals surface area contributed by atoms with E-state index < -0.39 is 0 Å². The number of para-hydroxylation sites is 4. The third-order valence-corrected chi connectivity index (χ3v) is 37.0. The molecule has 16 saturated carbocycles. The molecule has 638 valence electrons. The van der Waals surface area contributed by atoms with E-state index >= 15 is 0 Å². The maximum atomic E-state index is 2.90. The molecule has 15 aromatic carbocycles. The van der Waals surface area contributed by atoms with Crippen LogP contribution in [0.4, 0.5) is 34.1 Å². The van der Waals surface area contributed by atoms with E-state index in [9.17, 15) is 0 Å². The summed E-state index contributed by atoms with van der Waals surface area (Å²) in [4.78, 5) is 5.61. The maximum Gasteiger partial charge on any atom is 0.0542 e. The predicted octanol–water partition coefficient (Wildman–Crippen LogP) is 33.7. The van der Waals surface area contributed by atoms with Crippen molar-refractivity contribution in [1.29, 1.82) is 0 Å². The first kappa shape index (κ1) is 75.8. The van der Waals surface area contributed by atoms with Gasteiger partial charge in [0.25, 0.3) is 0 Å². The van der Waals surface area contributed by atoms with Crippen molar-refractivity contribution in [3.8, 4) is 55.9 Å². The number of hydrogen-bond acceptors (Lipinski definition) is 2. The monoisotopic (exact) mass is 1680 g/mol. The van der Waals surface area contributed by atoms with E-state index in [1.165, 1.54) is 309 Å². The summed E-state index contributed by atoms with van der Waals surface area (Å²) in [7, 11) is 0. The van der Waals surface area contributed by atoms with Gasteiger partial charge in [0.1, 0.15) is 0 Å². The number of hydrogen-bond donors (Lipinski definition) is 0. The topological polar surface area (TPSA) is 16.3 Å². The van der Waals surface area contributed by atoms with E-state index in [4.69, 9.17) is 0 Å². The van der Waals surface area contributed by atoms with Gasteiger partial charge in [0.15, 0.2) is 0 Å². The first-order valence-electron chi connectivity index (χ1n) is 50.5. The van der Waals surface area contributed by atoms with Crippen LogP contribution < -0.4 is 9.80 Å². The van der Waals surface area contributed by atoms with E-state index in [0.717, 1.165) is 71.0 Å². The second-order valence-electron chi connectivity index (χ2n) is 44.8. The van der Waals surface area contributed by atoms with Crippen molar-refractivity contribution >= 4 is 99.3 Å². The van der Waals surface area contributed by atoms with E-state index in [-0.39, 0.29) is 21.7 Å². The van der Waals surface area contributed by atoms with Gasteiger partial charge in [0.05, 0.1) is 22.1 Å². The first-order chi connectivity index (χ1) is 64.1. The highest BCUT2D eigenvalue weighted by Gasteiger charge is 2.57. The second kappa shape index (κ2) is 28.8. The summed E-state index contributed by atoms with van der Waals surface area (Å²) in [6.45, 7) is 0. The van der Waals surface area contributed by atoms with Crippen LogP contribution in [0.5, 0.6) is 0 Å². The fraction of sp³-hybridized carbons (Fsp3) is 0.317. The second-order valence-corrected chi connectivity index (χ2v) is 44.8. The minimum Gasteiger partial charge on any atom is -0.310 e. The zero-order valence-electron chi connectivity index (χ0n) is 74.9. The molecule has 2 aromatic heterocycles. The molecule has 16 bridgehead atoms. The summed E-state index contributed by atoms with van der Waals surface area (Å²) in [5.74, 6) is 9.85. The van der Waals surface area contributed by atoms with Gasteiger partial charge in [-0.05, 0) is 456 Å². The Labute approximate surface area is 765 Å². The van der Waals surface area contributed by atoms with Crippen LogP contribution in [-0.2, 0) is 21.7 Å². The van der Waals surface area contributed by atoms with Gasteiger partial charge in [-0.25, -0.2) is 0 Å². The summed E-state index contributed by atoms with van der Waals surface area (Å²) in [5.41, 5.74) is 32.0. The minimum absolute atomic E-state index is 0.177. The lowest BCUT2D eigenvalue weighted by Gasteiger charge is -2.58. The molecule has 0 radical (unpaired) electrons. The lowest BCUT2D eigenvalue weighted by molar-refractivity contribution is -0.00856. The standard InChI is InChI=1S/C126H114N4/c1-5-21-91(22-6-1)105-29-13-15-33-109(105)121-111-41-37-100(128(102-40-44-120-114(64-102)108-32-18-20-36-118(108)130(120)98-27-11-4-12-28-98)104-61-95(125-73-85-51-86(74-125)53-87(52-85)75-125)58-96(62-104)126-76-88-54-89(77-126)56-90(55-88)78-126)66-116(111)122(110-34-16-14-30-106(110)92-23-7-2-8-24-92)112-42-38-99(65-115(112)121)127(101-39-43-119-113(63-101)107-31-17-19-35-117(107)129(119)97-25-9-3-10-26-97)103-59-93(123-67-79-45-80(68-123)47-81(46-79)69-123)57-94(60-103)124-70-82-48-83(71-124)50-84(49-82)72-124/h1-44,57-66,79-90H,45-56,67-78H2. The molecule has 33 rings (SSSR count). The van der Waals surface area contributed by atoms with E-state index in [0.29, 0.717) is 0 Å². The molecule has 4 heteroatoms. The van der Waals surface area contributed by atoms with Gasteiger partial charge in [-0.1, -0.05) is 206 Å². The van der Waals surface area contributed by atoms with Crippen LogP contribution >= 0.6 is 0 Å². The molecule has 16 aliphatic carbocycles. The highest BCUT2D eigenvalue weighted by atomic mass is 15.2. The van der Waals surface area contributed by atoms with Crippen molar-refractivity contribution in [2.75, 3.05) is 9.80 Å². The maximum absolute atomic E-state index is 2.90. The SMILES string of the molecule is c1ccc(-c2ccccc2-c2c3ccc(N(c4cc(C56CC7CC(CC(C7)C5)C6)cc(C56CC7CC(CC(C7)C5)C6)c4)c4ccc5c(c4)c4ccccc4n5-c4ccccc4)cc3c(-c3ccccc3-c3ccccc3)c3ccc(N(c4cc(C56CC7CC(CC(C7)C5)C6)cc(C56CC7CC(CC(C7)C5)C6)c4)c4ccc5c(c4)c4ccccc4n5-c4ccccc4)cc23)cc1. The smallest absolute Gasteiger partial charge is 0.0542 e. The number of nitrogens with zero attached hydrogens (tertiary/aromatic N) is 4. The quantitative estimate of drug-likeness (QED) is 0.0897. The van der Waals surface area contributed by atoms with Crippen molar-refractivity contribution < 1.29 is 0 Å². The Morgan fingerprint density at radius 1 is 0.185 bits per heavy atom. The number of fused-ring (bicyclic) bond motifs is 8. The van der Waals surface area contributed by atoms with Crippen molar-refractivity contribution in [2.45, 2.75) is 176 Å². The molecule has 4 nitrogen and oxygen atoms in total. The lowest BCUT2D eigenvalue weighted by Crippen LogP contribution is -2.50. The van der Waals surface area contributed by atoms with Gasteiger partial charge >= 0.3 is 0 Å². The Morgan fingerprint density at radius 3 is 0.738 bits per heavy atom. The average Bonchev–Trinajstić information content (AvgIpc) is 1.01. The van der Waals surface area contributed by atoms with Crippen molar-refractivity contribution in [3.63, 3.8) is 0 Å². The van der Waals surface area contributed by atoms with Gasteiger partial charge in [-0.15, -0.1) is 0 Å². The Hall–Kier alpha value is -12.0. The molecule has 0 amide bonds. The molecule has 130 heavy (non-hydrogen) atoms. The van der Waals surface area contributed by atoms with Crippen molar-refractivity contribution in [2.24, 2.45) is 71.0 Å². The van der Waals surface area contributed by atoms with E-state index in [1.54, 1.807) is 22.3 Å². The van der Waals surface area contributed by atoms with Crippen LogP contribution in [0.25, 0.3) is 121 Å². The third-order valence-electron chi connectivity index (χ3n) is 37.0. The Morgan fingerprint density at radius 2 is 0.431 bits per heavy atom. The molecule has 16 aliphatic rings. The summed E-state index contributed by atoms with van der Waals surface area (Å²) in [6, 6.07) is 131. The van der Waals surface area contributed by atoms with Crippen LogP contribution in [0.3, 0.4) is 0 Å². The first-order valence-corrected chi connectivity index (χ1v) is 50.5. The van der Waals surface area contributed by atoms with Gasteiger partial charge < -0.3 is 18.9 Å². The largest absolute Gasteiger partial charge is 0.310 e. The van der Waals surface area contributed by atoms with Crippen LogP contribution in [0.15, 0.2) is 328 Å². The molecule has 0 saturated heterocycles.